The van der Waals surface area contributed by atoms with Crippen molar-refractivity contribution in [2.75, 3.05) is 11.9 Å². The van der Waals surface area contributed by atoms with E-state index < -0.39 is 35.9 Å². The van der Waals surface area contributed by atoms with Gasteiger partial charge >= 0.3 is 12.0 Å². The Hall–Kier alpha value is -2.90. The number of aliphatic carboxylic acids is 1. The van der Waals surface area contributed by atoms with Crippen LogP contribution in [-0.2, 0) is 20.8 Å². The van der Waals surface area contributed by atoms with Crippen LogP contribution in [0.2, 0.25) is 0 Å². The molecule has 0 radical (unpaired) electrons. The summed E-state index contributed by atoms with van der Waals surface area (Å²) in [5, 5.41) is 14.1. The first kappa shape index (κ1) is 18.4. The number of benzene rings is 1. The van der Waals surface area contributed by atoms with Gasteiger partial charge in [-0.15, -0.1) is 0 Å². The third kappa shape index (κ3) is 3.78. The number of hydrogen-bond acceptors (Lipinski definition) is 4. The molecule has 0 bridgehead atoms. The molecule has 2 rings (SSSR count). The van der Waals surface area contributed by atoms with Gasteiger partial charge in [0.2, 0.25) is 5.91 Å². The molecule has 8 nitrogen and oxygen atoms in total. The van der Waals surface area contributed by atoms with Crippen LogP contribution in [0.25, 0.3) is 0 Å². The molecular weight excluding hydrogens is 326 g/mol. The molecule has 1 heterocycles. The lowest BCUT2D eigenvalue weighted by Gasteiger charge is -2.23. The maximum Gasteiger partial charge on any atom is 0.325 e. The summed E-state index contributed by atoms with van der Waals surface area (Å²) in [4.78, 5) is 48.6. The molecule has 1 aliphatic heterocycles. The molecule has 8 heteroatoms. The second-order valence-electron chi connectivity index (χ2n) is 5.89. The quantitative estimate of drug-likeness (QED) is 0.644. The second-order valence-corrected chi connectivity index (χ2v) is 5.89. The Labute approximate surface area is 145 Å². The van der Waals surface area contributed by atoms with E-state index in [2.05, 4.69) is 10.6 Å². The summed E-state index contributed by atoms with van der Waals surface area (Å²) >= 11 is 0. The monoisotopic (exact) mass is 347 g/mol. The fraction of sp³-hybridized carbons (Fsp3) is 0.412. The van der Waals surface area contributed by atoms with Crippen molar-refractivity contribution in [3.63, 3.8) is 0 Å². The minimum Gasteiger partial charge on any atom is -0.481 e. The van der Waals surface area contributed by atoms with Crippen LogP contribution in [0.3, 0.4) is 0 Å². The normalized spacial score (nSPS) is 15.8. The number of carbonyl (C=O) groups excluding carboxylic acids is 3. The zero-order valence-electron chi connectivity index (χ0n) is 14.2. The average Bonchev–Trinajstić information content (AvgIpc) is 2.81. The van der Waals surface area contributed by atoms with E-state index in [1.165, 1.54) is 0 Å². The summed E-state index contributed by atoms with van der Waals surface area (Å²) in [6.45, 7) is 3.18. The lowest BCUT2D eigenvalue weighted by Crippen LogP contribution is -2.46. The van der Waals surface area contributed by atoms with Crippen molar-refractivity contribution in [3.05, 3.63) is 29.8 Å². The van der Waals surface area contributed by atoms with Gasteiger partial charge in [-0.1, -0.05) is 32.0 Å². The minimum atomic E-state index is -1.02. The van der Waals surface area contributed by atoms with E-state index in [0.29, 0.717) is 24.1 Å². The van der Waals surface area contributed by atoms with Crippen LogP contribution in [0.5, 0.6) is 0 Å². The topological polar surface area (TPSA) is 116 Å². The number of carboxylic acid groups (broad SMARTS) is 1. The molecule has 1 aromatic carbocycles. The largest absolute Gasteiger partial charge is 0.481 e. The van der Waals surface area contributed by atoms with Crippen molar-refractivity contribution in [2.45, 2.75) is 38.6 Å². The number of carboxylic acids is 1. The molecule has 1 aromatic rings. The highest BCUT2D eigenvalue weighted by Gasteiger charge is 2.49. The van der Waals surface area contributed by atoms with Gasteiger partial charge in [0, 0.05) is 5.69 Å². The van der Waals surface area contributed by atoms with Gasteiger partial charge in [0.05, 0.1) is 6.42 Å². The maximum absolute atomic E-state index is 12.5. The Morgan fingerprint density at radius 3 is 2.40 bits per heavy atom. The van der Waals surface area contributed by atoms with Crippen molar-refractivity contribution in [1.82, 2.24) is 10.2 Å². The van der Waals surface area contributed by atoms with E-state index >= 15 is 0 Å². The van der Waals surface area contributed by atoms with Gasteiger partial charge in [-0.2, -0.15) is 0 Å². The van der Waals surface area contributed by atoms with Crippen LogP contribution in [0.4, 0.5) is 10.5 Å². The lowest BCUT2D eigenvalue weighted by molar-refractivity contribution is -0.136. The van der Waals surface area contributed by atoms with Crippen LogP contribution < -0.4 is 10.6 Å². The van der Waals surface area contributed by atoms with Crippen molar-refractivity contribution in [1.29, 1.82) is 0 Å². The van der Waals surface area contributed by atoms with Crippen LogP contribution in [0.15, 0.2) is 24.3 Å². The Bertz CT molecular complexity index is 712. The Kier molecular flexibility index (Phi) is 5.41. The lowest BCUT2D eigenvalue weighted by atomic mass is 9.93. The first-order chi connectivity index (χ1) is 11.8. The molecule has 0 spiro atoms. The number of nitrogens with zero attached hydrogens (tertiary/aromatic N) is 1. The predicted molar refractivity (Wildman–Crippen MR) is 90.0 cm³/mol. The molecule has 134 valence electrons. The van der Waals surface area contributed by atoms with Gasteiger partial charge in [0.25, 0.3) is 5.91 Å². The highest BCUT2D eigenvalue weighted by Crippen LogP contribution is 2.25. The summed E-state index contributed by atoms with van der Waals surface area (Å²) in [6.07, 6.45) is 0.635. The molecule has 0 aliphatic carbocycles. The Morgan fingerprint density at radius 2 is 1.84 bits per heavy atom. The predicted octanol–water partition coefficient (Wildman–Crippen LogP) is 1.36. The highest BCUT2D eigenvalue weighted by atomic mass is 16.4. The summed E-state index contributed by atoms with van der Waals surface area (Å²) < 4.78 is 0. The van der Waals surface area contributed by atoms with Crippen molar-refractivity contribution in [3.8, 4) is 0 Å². The van der Waals surface area contributed by atoms with Gasteiger partial charge in [0.15, 0.2) is 0 Å². The summed E-state index contributed by atoms with van der Waals surface area (Å²) in [5.41, 5.74) is -0.172. The van der Waals surface area contributed by atoms with Crippen molar-refractivity contribution in [2.24, 2.45) is 0 Å². The number of para-hydroxylation sites is 1. The zero-order valence-corrected chi connectivity index (χ0v) is 14.2. The molecule has 1 aliphatic rings. The zero-order chi connectivity index (χ0) is 18.6. The van der Waals surface area contributed by atoms with Crippen LogP contribution >= 0.6 is 0 Å². The fourth-order valence-corrected chi connectivity index (χ4v) is 2.84. The van der Waals surface area contributed by atoms with Crippen molar-refractivity contribution < 1.29 is 24.3 Å². The first-order valence-corrected chi connectivity index (χ1v) is 8.06. The molecule has 0 aromatic heterocycles. The van der Waals surface area contributed by atoms with E-state index in [4.69, 9.17) is 5.11 Å². The fourth-order valence-electron chi connectivity index (χ4n) is 2.84. The third-order valence-corrected chi connectivity index (χ3v) is 4.39. The van der Waals surface area contributed by atoms with Gasteiger partial charge in [-0.05, 0) is 24.5 Å². The van der Waals surface area contributed by atoms with E-state index in [1.54, 1.807) is 38.1 Å². The number of hydrogen-bond donors (Lipinski definition) is 3. The summed E-state index contributed by atoms with van der Waals surface area (Å²) in [7, 11) is 0. The second kappa shape index (κ2) is 7.33. The standard InChI is InChI=1S/C17H21N3O5/c1-3-17(4-2)15(24)20(16(25)19-17)10-13(21)18-12-8-6-5-7-11(12)9-14(22)23/h5-8H,3-4,9-10H2,1-2H3,(H,18,21)(H,19,25)(H,22,23). The number of nitrogens with one attached hydrogen (secondary N) is 2. The van der Waals surface area contributed by atoms with Gasteiger partial charge < -0.3 is 15.7 Å². The minimum absolute atomic E-state index is 0.242. The van der Waals surface area contributed by atoms with Crippen LogP contribution in [0.1, 0.15) is 32.3 Å². The van der Waals surface area contributed by atoms with E-state index in [9.17, 15) is 19.2 Å². The summed E-state index contributed by atoms with van der Waals surface area (Å²) in [5.74, 6) is -2.01. The van der Waals surface area contributed by atoms with Crippen LogP contribution in [0, 0.1) is 0 Å². The number of imide groups is 1. The molecule has 0 atom stereocenters. The van der Waals surface area contributed by atoms with Crippen molar-refractivity contribution >= 4 is 29.5 Å². The molecule has 4 amide bonds. The van der Waals surface area contributed by atoms with Gasteiger partial charge in [0.1, 0.15) is 12.1 Å². The van der Waals surface area contributed by atoms with Gasteiger partial charge in [-0.3, -0.25) is 19.3 Å². The Morgan fingerprint density at radius 1 is 1.20 bits per heavy atom. The number of carbonyl (C=O) groups is 4. The van der Waals surface area contributed by atoms with E-state index in [1.807, 2.05) is 0 Å². The smallest absolute Gasteiger partial charge is 0.325 e. The SMILES string of the molecule is CCC1(CC)NC(=O)N(CC(=O)Nc2ccccc2CC(=O)O)C1=O. The number of urea groups is 1. The third-order valence-electron chi connectivity index (χ3n) is 4.39. The molecule has 25 heavy (non-hydrogen) atoms. The Balaban J connectivity index is 2.10. The molecule has 0 saturated carbocycles. The maximum atomic E-state index is 12.5. The summed E-state index contributed by atoms with van der Waals surface area (Å²) in [6, 6.07) is 5.90. The molecule has 0 unspecified atom stereocenters. The number of amides is 4. The van der Waals surface area contributed by atoms with Crippen LogP contribution in [-0.4, -0.2) is 45.9 Å². The van der Waals surface area contributed by atoms with E-state index in [0.717, 1.165) is 4.90 Å². The van der Waals surface area contributed by atoms with E-state index in [-0.39, 0.29) is 6.42 Å². The number of rotatable bonds is 7. The number of anilines is 1. The molecular formula is C17H21N3O5. The highest BCUT2D eigenvalue weighted by molar-refractivity contribution is 6.10. The van der Waals surface area contributed by atoms with Gasteiger partial charge in [-0.25, -0.2) is 4.79 Å². The average molecular weight is 347 g/mol. The first-order valence-electron chi connectivity index (χ1n) is 8.06. The molecule has 1 saturated heterocycles. The molecule has 3 N–H and O–H groups in total. The molecule has 1 fully saturated rings.